The predicted molar refractivity (Wildman–Crippen MR) is 61.3 cm³/mol. The largest absolute Gasteiger partial charge is 0.344 e. The maximum atomic E-state index is 8.79. The van der Waals surface area contributed by atoms with Crippen molar-refractivity contribution in [3.8, 4) is 6.07 Å². The number of hydrogen-bond donors (Lipinski definition) is 1. The minimum Gasteiger partial charge on any atom is -0.344 e. The number of thiazole rings is 1. The SMILES string of the molecule is N#Cc1sc(N2CCCC2CN)nc1Cl. The summed E-state index contributed by atoms with van der Waals surface area (Å²) in [6.45, 7) is 1.58. The lowest BCUT2D eigenvalue weighted by Gasteiger charge is -2.22. The molecule has 2 heterocycles. The Labute approximate surface area is 97.3 Å². The van der Waals surface area contributed by atoms with Crippen molar-refractivity contribution in [2.75, 3.05) is 18.0 Å². The van der Waals surface area contributed by atoms with Gasteiger partial charge in [-0.15, -0.1) is 0 Å². The quantitative estimate of drug-likeness (QED) is 0.856. The van der Waals surface area contributed by atoms with E-state index >= 15 is 0 Å². The van der Waals surface area contributed by atoms with Gasteiger partial charge in [0.15, 0.2) is 10.3 Å². The fraction of sp³-hybridized carbons (Fsp3) is 0.556. The van der Waals surface area contributed by atoms with Gasteiger partial charge in [-0.05, 0) is 12.8 Å². The highest BCUT2D eigenvalue weighted by Gasteiger charge is 2.26. The summed E-state index contributed by atoms with van der Waals surface area (Å²) in [7, 11) is 0. The van der Waals surface area contributed by atoms with Crippen molar-refractivity contribution >= 4 is 28.1 Å². The molecule has 0 bridgehead atoms. The number of anilines is 1. The zero-order chi connectivity index (χ0) is 10.8. The molecule has 4 nitrogen and oxygen atoms in total. The fourth-order valence-corrected chi connectivity index (χ4v) is 2.96. The summed E-state index contributed by atoms with van der Waals surface area (Å²) < 4.78 is 0. The molecule has 1 aliphatic rings. The van der Waals surface area contributed by atoms with E-state index in [9.17, 15) is 0 Å². The Kier molecular flexibility index (Phi) is 3.10. The molecule has 1 fully saturated rings. The van der Waals surface area contributed by atoms with Crippen LogP contribution in [0.2, 0.25) is 5.15 Å². The maximum absolute atomic E-state index is 8.79. The topological polar surface area (TPSA) is 65.9 Å². The summed E-state index contributed by atoms with van der Waals surface area (Å²) >= 11 is 7.18. The lowest BCUT2D eigenvalue weighted by molar-refractivity contribution is 0.676. The van der Waals surface area contributed by atoms with E-state index in [2.05, 4.69) is 9.88 Å². The molecule has 2 N–H and O–H groups in total. The molecule has 1 saturated heterocycles. The molecular weight excluding hydrogens is 232 g/mol. The molecule has 1 atom stereocenters. The minimum absolute atomic E-state index is 0.306. The standard InChI is InChI=1S/C9H11ClN4S/c10-8-7(5-12)15-9(13-8)14-3-1-2-6(14)4-11/h6H,1-4,11H2. The third kappa shape index (κ3) is 1.93. The Morgan fingerprint density at radius 2 is 2.53 bits per heavy atom. The normalized spacial score (nSPS) is 20.6. The fourth-order valence-electron chi connectivity index (χ4n) is 1.82. The van der Waals surface area contributed by atoms with Gasteiger partial charge in [-0.1, -0.05) is 22.9 Å². The molecule has 1 aliphatic heterocycles. The molecule has 0 spiro atoms. The van der Waals surface area contributed by atoms with Crippen molar-refractivity contribution < 1.29 is 0 Å². The molecule has 15 heavy (non-hydrogen) atoms. The van der Waals surface area contributed by atoms with Gasteiger partial charge >= 0.3 is 0 Å². The Hall–Kier alpha value is -0.830. The first-order valence-corrected chi connectivity index (χ1v) is 5.99. The maximum Gasteiger partial charge on any atom is 0.188 e. The number of nitriles is 1. The number of nitrogens with two attached hydrogens (primary N) is 1. The smallest absolute Gasteiger partial charge is 0.188 e. The second-order valence-corrected chi connectivity index (χ2v) is 4.79. The van der Waals surface area contributed by atoms with Crippen LogP contribution in [0.4, 0.5) is 5.13 Å². The van der Waals surface area contributed by atoms with Gasteiger partial charge in [-0.3, -0.25) is 0 Å². The lowest BCUT2D eigenvalue weighted by atomic mass is 10.2. The van der Waals surface area contributed by atoms with E-state index < -0.39 is 0 Å². The van der Waals surface area contributed by atoms with E-state index in [4.69, 9.17) is 22.6 Å². The van der Waals surface area contributed by atoms with Gasteiger partial charge < -0.3 is 10.6 Å². The summed E-state index contributed by atoms with van der Waals surface area (Å²) in [6, 6.07) is 2.38. The molecule has 1 aromatic rings. The molecule has 1 aromatic heterocycles. The van der Waals surface area contributed by atoms with E-state index in [1.54, 1.807) is 0 Å². The number of hydrogen-bond acceptors (Lipinski definition) is 5. The number of nitrogens with zero attached hydrogens (tertiary/aromatic N) is 3. The van der Waals surface area contributed by atoms with Gasteiger partial charge in [0.2, 0.25) is 0 Å². The van der Waals surface area contributed by atoms with Crippen LogP contribution in [-0.4, -0.2) is 24.1 Å². The van der Waals surface area contributed by atoms with Crippen molar-refractivity contribution in [3.63, 3.8) is 0 Å². The second kappa shape index (κ2) is 4.35. The van der Waals surface area contributed by atoms with Crippen molar-refractivity contribution in [1.29, 1.82) is 5.26 Å². The zero-order valence-corrected chi connectivity index (χ0v) is 9.68. The first kappa shape index (κ1) is 10.7. The second-order valence-electron chi connectivity index (χ2n) is 3.45. The van der Waals surface area contributed by atoms with Crippen LogP contribution in [0.15, 0.2) is 0 Å². The lowest BCUT2D eigenvalue weighted by Crippen LogP contribution is -2.35. The monoisotopic (exact) mass is 242 g/mol. The third-order valence-corrected chi connectivity index (χ3v) is 3.95. The Bertz CT molecular complexity index is 397. The van der Waals surface area contributed by atoms with Crippen LogP contribution in [0.1, 0.15) is 17.7 Å². The molecule has 0 aromatic carbocycles. The molecular formula is C9H11ClN4S. The molecule has 80 valence electrons. The molecule has 0 aliphatic carbocycles. The predicted octanol–water partition coefficient (Wildman–Crippen LogP) is 1.60. The van der Waals surface area contributed by atoms with Crippen LogP contribution in [0.25, 0.3) is 0 Å². The van der Waals surface area contributed by atoms with Gasteiger partial charge in [-0.2, -0.15) is 5.26 Å². The van der Waals surface area contributed by atoms with Crippen molar-refractivity contribution in [2.24, 2.45) is 5.73 Å². The van der Waals surface area contributed by atoms with E-state index in [0.29, 0.717) is 22.6 Å². The summed E-state index contributed by atoms with van der Waals surface area (Å²) in [6.07, 6.45) is 2.22. The average molecular weight is 243 g/mol. The summed E-state index contributed by atoms with van der Waals surface area (Å²) in [5.74, 6) is 0. The molecule has 0 amide bonds. The zero-order valence-electron chi connectivity index (χ0n) is 8.11. The van der Waals surface area contributed by atoms with Crippen molar-refractivity contribution in [1.82, 2.24) is 4.98 Å². The van der Waals surface area contributed by atoms with E-state index in [-0.39, 0.29) is 0 Å². The molecule has 0 saturated carbocycles. The number of halogens is 1. The van der Waals surface area contributed by atoms with Crippen LogP contribution in [0.3, 0.4) is 0 Å². The molecule has 1 unspecified atom stereocenters. The van der Waals surface area contributed by atoms with Gasteiger partial charge in [-0.25, -0.2) is 4.98 Å². The van der Waals surface area contributed by atoms with Gasteiger partial charge in [0.1, 0.15) is 10.9 Å². The van der Waals surface area contributed by atoms with Crippen LogP contribution < -0.4 is 10.6 Å². The average Bonchev–Trinajstić information content (AvgIpc) is 2.82. The van der Waals surface area contributed by atoms with Gasteiger partial charge in [0, 0.05) is 19.1 Å². The highest BCUT2D eigenvalue weighted by Crippen LogP contribution is 2.32. The molecule has 6 heteroatoms. The van der Waals surface area contributed by atoms with Crippen LogP contribution in [-0.2, 0) is 0 Å². The third-order valence-electron chi connectivity index (χ3n) is 2.57. The molecule has 0 radical (unpaired) electrons. The van der Waals surface area contributed by atoms with Gasteiger partial charge in [0.25, 0.3) is 0 Å². The van der Waals surface area contributed by atoms with E-state index in [0.717, 1.165) is 24.5 Å². The van der Waals surface area contributed by atoms with Crippen molar-refractivity contribution in [3.05, 3.63) is 10.0 Å². The highest BCUT2D eigenvalue weighted by molar-refractivity contribution is 7.16. The summed E-state index contributed by atoms with van der Waals surface area (Å²) in [4.78, 5) is 6.82. The Balaban J connectivity index is 2.26. The highest BCUT2D eigenvalue weighted by atomic mass is 35.5. The summed E-state index contributed by atoms with van der Waals surface area (Å²) in [5.41, 5.74) is 5.68. The van der Waals surface area contributed by atoms with Crippen LogP contribution in [0.5, 0.6) is 0 Å². The van der Waals surface area contributed by atoms with E-state index in [1.807, 2.05) is 6.07 Å². The Morgan fingerprint density at radius 1 is 1.73 bits per heavy atom. The number of rotatable bonds is 2. The van der Waals surface area contributed by atoms with Crippen LogP contribution >= 0.6 is 22.9 Å². The van der Waals surface area contributed by atoms with Gasteiger partial charge in [0.05, 0.1) is 0 Å². The molecule has 2 rings (SSSR count). The van der Waals surface area contributed by atoms with E-state index in [1.165, 1.54) is 11.3 Å². The Morgan fingerprint density at radius 3 is 3.13 bits per heavy atom. The van der Waals surface area contributed by atoms with Crippen LogP contribution in [0, 0.1) is 11.3 Å². The first-order valence-electron chi connectivity index (χ1n) is 4.79. The number of aromatic nitrogens is 1. The van der Waals surface area contributed by atoms with Crippen molar-refractivity contribution in [2.45, 2.75) is 18.9 Å². The first-order chi connectivity index (χ1) is 7.26. The summed E-state index contributed by atoms with van der Waals surface area (Å²) in [5, 5.41) is 9.92. The minimum atomic E-state index is 0.306.